The van der Waals surface area contributed by atoms with Gasteiger partial charge in [0, 0.05) is 167 Å². The maximum Gasteiger partial charge on any atom is 0.143 e. The summed E-state index contributed by atoms with van der Waals surface area (Å²) in [7, 11) is 0. The van der Waals surface area contributed by atoms with Gasteiger partial charge in [0.1, 0.15) is 33.5 Å². The van der Waals surface area contributed by atoms with Gasteiger partial charge in [0.05, 0.1) is 68.8 Å². The van der Waals surface area contributed by atoms with Crippen LogP contribution >= 0.6 is 34.0 Å². The molecule has 147 heavy (non-hydrogen) atoms. The summed E-state index contributed by atoms with van der Waals surface area (Å²) in [4.78, 5) is 31.1. The zero-order valence-corrected chi connectivity index (χ0v) is 81.3. The smallest absolute Gasteiger partial charge is 0.143 e. The van der Waals surface area contributed by atoms with Gasteiger partial charge in [-0.25, -0.2) is 0 Å². The molecule has 0 fully saturated rings. The number of thiophene rings is 3. The van der Waals surface area contributed by atoms with Crippen LogP contribution in [0.3, 0.4) is 0 Å². The van der Waals surface area contributed by atoms with E-state index in [-0.39, 0.29) is 0 Å². The Balaban J connectivity index is 0.000000107. The number of aromatic nitrogens is 5. The number of hydrogen-bond acceptors (Lipinski definition) is 14. The van der Waals surface area contributed by atoms with E-state index in [1.807, 2.05) is 132 Å². The van der Waals surface area contributed by atoms with Crippen LogP contribution in [0.5, 0.6) is 0 Å². The summed E-state index contributed by atoms with van der Waals surface area (Å²) < 4.78 is 26.4. The molecule has 0 bridgehead atoms. The molecule has 30 rings (SSSR count). The molecule has 11 heterocycles. The Hall–Kier alpha value is -18.8. The van der Waals surface area contributed by atoms with Gasteiger partial charge in [-0.2, -0.15) is 0 Å². The Morgan fingerprint density at radius 1 is 0.184 bits per heavy atom. The number of furan rings is 3. The standard InChI is InChI=1S/C45H28N2OS.2C44H27N3OS/c1-3-12-41-36(9-1)38-27-32(18-24-42(38)48-41)29-14-20-34(21-15-29)47(40-11-5-7-31-8-6-26-46-45(31)40)35-22-16-30(17-23-35)33-19-25-44-39(28-33)37-10-2-4-13-43(37)49-44;1-3-15-40-34(10-1)36-13-6-12-33(44(36)48-40)28-17-20-31(21-18-28)47(39-14-5-8-29-9-7-25-45-43(29)39)32-22-23-38(46-27-32)30-19-24-42-37(26-30)35-11-2-4-16-41(35)49-42;1-3-12-41-33(7-1)36-26-30(16-22-42(36)48-41)38-21-20-32(27-46-38)47(40-11-5-10-39-35(40)9-6-24-45-39)31-18-14-28(15-19-31)29-17-23-44-37(25-29)34-8-2-4-13-43(34)49-44/h1-28H;2*1-27H. The molecule has 0 atom stereocenters. The van der Waals surface area contributed by atoms with Crippen LogP contribution in [0.2, 0.25) is 0 Å². The van der Waals surface area contributed by atoms with Gasteiger partial charge in [0.25, 0.3) is 0 Å². The van der Waals surface area contributed by atoms with Gasteiger partial charge < -0.3 is 28.0 Å². The van der Waals surface area contributed by atoms with Crippen molar-refractivity contribution in [2.24, 2.45) is 0 Å². The topological polar surface area (TPSA) is 114 Å². The van der Waals surface area contributed by atoms with Crippen LogP contribution in [-0.4, -0.2) is 24.9 Å². The maximum absolute atomic E-state index is 6.36. The molecule has 0 saturated carbocycles. The monoisotopic (exact) mass is 1930 g/mol. The fourth-order valence-electron chi connectivity index (χ4n) is 21.1. The van der Waals surface area contributed by atoms with Crippen LogP contribution in [-0.2, 0) is 0 Å². The molecule has 0 aliphatic rings. The number of rotatable bonds is 15. The van der Waals surface area contributed by atoms with E-state index in [1.54, 1.807) is 0 Å². The number of pyridine rings is 5. The van der Waals surface area contributed by atoms with Crippen molar-refractivity contribution in [3.63, 3.8) is 0 Å². The zero-order chi connectivity index (χ0) is 96.9. The molecule has 690 valence electrons. The predicted molar refractivity (Wildman–Crippen MR) is 618 cm³/mol. The number of fused-ring (bicyclic) bond motifs is 21. The first-order valence-electron chi connectivity index (χ1n) is 49.1. The van der Waals surface area contributed by atoms with Crippen molar-refractivity contribution in [2.45, 2.75) is 0 Å². The summed E-state index contributed by atoms with van der Waals surface area (Å²) in [5, 5.41) is 17.8. The molecule has 11 nitrogen and oxygen atoms in total. The molecule has 0 spiro atoms. The van der Waals surface area contributed by atoms with Crippen LogP contribution in [0.4, 0.5) is 51.2 Å². The van der Waals surface area contributed by atoms with Crippen LogP contribution in [0, 0.1) is 0 Å². The van der Waals surface area contributed by atoms with E-state index < -0.39 is 0 Å². The SMILES string of the molecule is c1cc(N(c2ccc(-c3ccc4sc5ccccc5c4c3)cc2)c2ccc(-c3ccc4oc5ccccc5c4c3)nc2)c2cccnc2c1.c1cnc2c(N(c3ccc(-c4ccc5oc6ccccc6c5c4)cc3)c3ccc(-c4ccc5sc6ccccc6c5c4)cc3)cccc2c1.c1cnc2c(N(c3ccc(-c4cccc5c4oc4ccccc45)cc3)c3ccc(-c4ccc5sc6ccccc6c5c4)nc3)cccc2c1. The molecule has 14 heteroatoms. The lowest BCUT2D eigenvalue weighted by Crippen LogP contribution is -2.11. The third kappa shape index (κ3) is 15.6. The second kappa shape index (κ2) is 36.3. The average Bonchev–Trinajstić information content (AvgIpc) is 1.59. The first kappa shape index (κ1) is 86.1. The fourth-order valence-corrected chi connectivity index (χ4v) is 24.4. The first-order valence-corrected chi connectivity index (χ1v) is 51.5. The van der Waals surface area contributed by atoms with Crippen molar-refractivity contribution in [1.82, 2.24) is 24.9 Å². The van der Waals surface area contributed by atoms with Gasteiger partial charge in [-0.1, -0.05) is 243 Å². The van der Waals surface area contributed by atoms with E-state index in [0.29, 0.717) is 0 Å². The fraction of sp³-hybridized carbons (Fsp3) is 0. The lowest BCUT2D eigenvalue weighted by molar-refractivity contribution is 0.668. The maximum atomic E-state index is 6.36. The number of hydrogen-bond donors (Lipinski definition) is 0. The molecular weight excluding hydrogens is 1850 g/mol. The van der Waals surface area contributed by atoms with E-state index in [0.717, 1.165) is 194 Å². The van der Waals surface area contributed by atoms with Gasteiger partial charge in [-0.05, 0) is 263 Å². The number of nitrogens with zero attached hydrogens (tertiary/aromatic N) is 8. The molecule has 0 unspecified atom stereocenters. The molecule has 0 radical (unpaired) electrons. The summed E-state index contributed by atoms with van der Waals surface area (Å²) >= 11 is 5.53. The quantitative estimate of drug-likeness (QED) is 0.0977. The Labute approximate surface area is 855 Å². The molecule has 11 aromatic heterocycles. The van der Waals surface area contributed by atoms with E-state index in [4.69, 9.17) is 33.2 Å². The Bertz CT molecular complexity index is 9620. The van der Waals surface area contributed by atoms with Gasteiger partial charge in [0.15, 0.2) is 0 Å². The second-order valence-electron chi connectivity index (χ2n) is 36.9. The highest BCUT2D eigenvalue weighted by Gasteiger charge is 2.25. The van der Waals surface area contributed by atoms with Gasteiger partial charge in [-0.3, -0.25) is 24.9 Å². The lowest BCUT2D eigenvalue weighted by atomic mass is 10.0. The predicted octanol–water partition coefficient (Wildman–Crippen LogP) is 38.7. The Kier molecular flexibility index (Phi) is 21.3. The minimum atomic E-state index is 0.879. The summed E-state index contributed by atoms with van der Waals surface area (Å²) in [6.07, 6.45) is 9.50. The summed E-state index contributed by atoms with van der Waals surface area (Å²) in [6.45, 7) is 0. The highest BCUT2D eigenvalue weighted by molar-refractivity contribution is 7.26. The van der Waals surface area contributed by atoms with Crippen molar-refractivity contribution in [3.8, 4) is 67.0 Å². The molecular formula is C133H82N8O3S3. The van der Waals surface area contributed by atoms with Crippen LogP contribution in [0.25, 0.3) is 226 Å². The van der Waals surface area contributed by atoms with Gasteiger partial charge >= 0.3 is 0 Å². The summed E-state index contributed by atoms with van der Waals surface area (Å²) in [5.74, 6) is 0. The minimum Gasteiger partial charge on any atom is -0.456 e. The van der Waals surface area contributed by atoms with E-state index in [1.165, 1.54) is 82.8 Å². The number of benzene rings is 19. The number of anilines is 9. The third-order valence-electron chi connectivity index (χ3n) is 28.3. The van der Waals surface area contributed by atoms with Crippen LogP contribution in [0.1, 0.15) is 0 Å². The van der Waals surface area contributed by atoms with Gasteiger partial charge in [0.2, 0.25) is 0 Å². The molecule has 0 aliphatic carbocycles. The number of para-hydroxylation sites is 6. The van der Waals surface area contributed by atoms with Crippen LogP contribution in [0.15, 0.2) is 511 Å². The van der Waals surface area contributed by atoms with Crippen molar-refractivity contribution in [2.75, 3.05) is 14.7 Å². The van der Waals surface area contributed by atoms with E-state index in [9.17, 15) is 0 Å². The van der Waals surface area contributed by atoms with Crippen molar-refractivity contribution < 1.29 is 13.3 Å². The lowest BCUT2D eigenvalue weighted by Gasteiger charge is -2.26. The first-order chi connectivity index (χ1) is 72.8. The zero-order valence-electron chi connectivity index (χ0n) is 78.9. The van der Waals surface area contributed by atoms with E-state index in [2.05, 4.69) is 420 Å². The highest BCUT2D eigenvalue weighted by Crippen LogP contribution is 2.49. The van der Waals surface area contributed by atoms with Crippen molar-refractivity contribution >= 4 is 244 Å². The molecule has 0 aliphatic heterocycles. The molecule has 30 aromatic rings. The highest BCUT2D eigenvalue weighted by atomic mass is 32.1. The van der Waals surface area contributed by atoms with Crippen molar-refractivity contribution in [3.05, 3.63) is 498 Å². The van der Waals surface area contributed by atoms with Crippen molar-refractivity contribution in [1.29, 1.82) is 0 Å². The molecule has 0 N–H and O–H groups in total. The third-order valence-corrected chi connectivity index (χ3v) is 31.7. The minimum absolute atomic E-state index is 0.879. The Morgan fingerprint density at radius 3 is 0.986 bits per heavy atom. The normalized spacial score (nSPS) is 11.7. The molecule has 0 saturated heterocycles. The van der Waals surface area contributed by atoms with E-state index >= 15 is 0 Å². The Morgan fingerprint density at radius 2 is 0.503 bits per heavy atom. The summed E-state index contributed by atoms with van der Waals surface area (Å²) in [6, 6.07) is 165. The molecule has 0 amide bonds. The summed E-state index contributed by atoms with van der Waals surface area (Å²) in [5.41, 5.74) is 30.7. The second-order valence-corrected chi connectivity index (χ2v) is 40.1. The average molecular weight is 1940 g/mol. The largest absolute Gasteiger partial charge is 0.456 e. The van der Waals surface area contributed by atoms with Crippen LogP contribution < -0.4 is 14.7 Å². The van der Waals surface area contributed by atoms with Gasteiger partial charge in [-0.15, -0.1) is 34.0 Å². The molecule has 19 aromatic carbocycles.